The molecule has 0 aromatic carbocycles. The SMILES string of the molecule is CC1CCC(OC(F)(F)C2CCC(Br)CC2)CC1. The maximum absolute atomic E-state index is 14.1. The highest BCUT2D eigenvalue weighted by Gasteiger charge is 2.44. The molecular formula is C14H23BrF2O. The van der Waals surface area contributed by atoms with Crippen LogP contribution in [0.4, 0.5) is 8.78 Å². The number of hydrogen-bond donors (Lipinski definition) is 0. The summed E-state index contributed by atoms with van der Waals surface area (Å²) >= 11 is 3.50. The molecule has 0 spiro atoms. The molecule has 2 aliphatic carbocycles. The highest BCUT2D eigenvalue weighted by molar-refractivity contribution is 9.09. The van der Waals surface area contributed by atoms with E-state index in [1.807, 2.05) is 0 Å². The Morgan fingerprint density at radius 1 is 0.944 bits per heavy atom. The van der Waals surface area contributed by atoms with Crippen LogP contribution in [0.3, 0.4) is 0 Å². The van der Waals surface area contributed by atoms with Crippen molar-refractivity contribution in [3.8, 4) is 0 Å². The second kappa shape index (κ2) is 6.17. The minimum absolute atomic E-state index is 0.224. The quantitative estimate of drug-likeness (QED) is 0.654. The molecule has 0 saturated heterocycles. The molecule has 0 amide bonds. The smallest absolute Gasteiger partial charge is 0.317 e. The van der Waals surface area contributed by atoms with Crippen LogP contribution in [-0.2, 0) is 4.74 Å². The average Bonchev–Trinajstić information content (AvgIpc) is 2.32. The van der Waals surface area contributed by atoms with Crippen molar-refractivity contribution in [2.24, 2.45) is 11.8 Å². The van der Waals surface area contributed by atoms with Gasteiger partial charge in [-0.1, -0.05) is 22.9 Å². The first-order valence-corrected chi connectivity index (χ1v) is 8.08. The molecule has 4 heteroatoms. The standard InChI is InChI=1S/C14H23BrF2O/c1-10-2-8-13(9-3-10)18-14(16,17)11-4-6-12(15)7-5-11/h10-13H,2-9H2,1H3. The molecule has 0 aromatic rings. The Balaban J connectivity index is 1.82. The van der Waals surface area contributed by atoms with Crippen molar-refractivity contribution < 1.29 is 13.5 Å². The molecule has 2 fully saturated rings. The van der Waals surface area contributed by atoms with Crippen LogP contribution < -0.4 is 0 Å². The van der Waals surface area contributed by atoms with Gasteiger partial charge < -0.3 is 4.74 Å². The van der Waals surface area contributed by atoms with E-state index in [1.54, 1.807) is 0 Å². The summed E-state index contributed by atoms with van der Waals surface area (Å²) in [6, 6.07) is 0. The first-order valence-electron chi connectivity index (χ1n) is 7.17. The first kappa shape index (κ1) is 14.7. The van der Waals surface area contributed by atoms with Gasteiger partial charge in [0, 0.05) is 4.83 Å². The van der Waals surface area contributed by atoms with Gasteiger partial charge >= 0.3 is 6.11 Å². The van der Waals surface area contributed by atoms with Gasteiger partial charge in [-0.3, -0.25) is 0 Å². The van der Waals surface area contributed by atoms with Crippen LogP contribution in [0.1, 0.15) is 58.3 Å². The largest absolute Gasteiger partial charge is 0.358 e. The molecule has 0 radical (unpaired) electrons. The molecule has 0 aliphatic heterocycles. The second-order valence-electron chi connectivity index (χ2n) is 6.01. The second-order valence-corrected chi connectivity index (χ2v) is 7.31. The summed E-state index contributed by atoms with van der Waals surface area (Å²) in [6.07, 6.45) is 3.32. The molecule has 0 atom stereocenters. The number of alkyl halides is 3. The monoisotopic (exact) mass is 324 g/mol. The third-order valence-corrected chi connectivity index (χ3v) is 5.33. The molecule has 1 nitrogen and oxygen atoms in total. The summed E-state index contributed by atoms with van der Waals surface area (Å²) in [5, 5.41) is 0. The van der Waals surface area contributed by atoms with Gasteiger partial charge in [0.05, 0.1) is 12.0 Å². The summed E-state index contributed by atoms with van der Waals surface area (Å²) in [6.45, 7) is 2.19. The van der Waals surface area contributed by atoms with Crippen molar-refractivity contribution in [2.45, 2.75) is 75.3 Å². The van der Waals surface area contributed by atoms with Gasteiger partial charge in [-0.15, -0.1) is 0 Å². The zero-order valence-corrected chi connectivity index (χ0v) is 12.6. The minimum Gasteiger partial charge on any atom is -0.317 e. The molecule has 0 aromatic heterocycles. The van der Waals surface area contributed by atoms with Crippen LogP contribution in [0.25, 0.3) is 0 Å². The number of rotatable bonds is 3. The normalized spacial score (nSPS) is 38.7. The van der Waals surface area contributed by atoms with Gasteiger partial charge in [0.1, 0.15) is 0 Å². The van der Waals surface area contributed by atoms with E-state index in [9.17, 15) is 8.78 Å². The van der Waals surface area contributed by atoms with Gasteiger partial charge in [0.2, 0.25) is 0 Å². The molecule has 0 N–H and O–H groups in total. The highest BCUT2D eigenvalue weighted by Crippen LogP contribution is 2.41. The predicted octanol–water partition coefficient (Wildman–Crippen LogP) is 5.13. The summed E-state index contributed by atoms with van der Waals surface area (Å²) in [5.41, 5.74) is 0. The van der Waals surface area contributed by atoms with E-state index < -0.39 is 12.0 Å². The molecule has 0 heterocycles. The van der Waals surface area contributed by atoms with Crippen LogP contribution in [0.5, 0.6) is 0 Å². The minimum atomic E-state index is -2.92. The van der Waals surface area contributed by atoms with Crippen LogP contribution in [-0.4, -0.2) is 17.0 Å². The fourth-order valence-electron chi connectivity index (χ4n) is 3.05. The molecular weight excluding hydrogens is 302 g/mol. The van der Waals surface area contributed by atoms with E-state index in [0.29, 0.717) is 23.6 Å². The van der Waals surface area contributed by atoms with E-state index in [1.165, 1.54) is 0 Å². The van der Waals surface area contributed by atoms with E-state index in [2.05, 4.69) is 22.9 Å². The Labute approximate surface area is 117 Å². The van der Waals surface area contributed by atoms with Crippen molar-refractivity contribution in [1.29, 1.82) is 0 Å². The highest BCUT2D eigenvalue weighted by atomic mass is 79.9. The van der Waals surface area contributed by atoms with Gasteiger partial charge in [0.15, 0.2) is 0 Å². The lowest BCUT2D eigenvalue weighted by molar-refractivity contribution is -0.300. The Morgan fingerprint density at radius 2 is 1.50 bits per heavy atom. The molecule has 2 rings (SSSR count). The van der Waals surface area contributed by atoms with Crippen molar-refractivity contribution in [3.05, 3.63) is 0 Å². The molecule has 2 aliphatic rings. The Bertz CT molecular complexity index is 257. The first-order chi connectivity index (χ1) is 8.47. The van der Waals surface area contributed by atoms with Gasteiger partial charge in [-0.05, 0) is 57.3 Å². The summed E-state index contributed by atoms with van der Waals surface area (Å²) in [5.74, 6) is 0.0907. The van der Waals surface area contributed by atoms with Gasteiger partial charge in [0.25, 0.3) is 0 Å². The van der Waals surface area contributed by atoms with E-state index in [0.717, 1.165) is 38.5 Å². The predicted molar refractivity (Wildman–Crippen MR) is 72.1 cm³/mol. The Hall–Kier alpha value is 0.300. The van der Waals surface area contributed by atoms with Crippen LogP contribution in [0.2, 0.25) is 0 Å². The van der Waals surface area contributed by atoms with E-state index in [-0.39, 0.29) is 6.10 Å². The van der Waals surface area contributed by atoms with Crippen molar-refractivity contribution >= 4 is 15.9 Å². The molecule has 2 saturated carbocycles. The van der Waals surface area contributed by atoms with Crippen LogP contribution >= 0.6 is 15.9 Å². The third kappa shape index (κ3) is 3.89. The number of ether oxygens (including phenoxy) is 1. The zero-order valence-electron chi connectivity index (χ0n) is 11.0. The van der Waals surface area contributed by atoms with Crippen LogP contribution in [0.15, 0.2) is 0 Å². The molecule has 18 heavy (non-hydrogen) atoms. The van der Waals surface area contributed by atoms with E-state index >= 15 is 0 Å². The maximum atomic E-state index is 14.1. The lowest BCUT2D eigenvalue weighted by Gasteiger charge is -2.35. The zero-order chi connectivity index (χ0) is 13.2. The van der Waals surface area contributed by atoms with Gasteiger partial charge in [-0.25, -0.2) is 0 Å². The molecule has 0 bridgehead atoms. The van der Waals surface area contributed by atoms with Crippen molar-refractivity contribution in [2.75, 3.05) is 0 Å². The van der Waals surface area contributed by atoms with E-state index in [4.69, 9.17) is 4.74 Å². The maximum Gasteiger partial charge on any atom is 0.358 e. The fraction of sp³-hybridized carbons (Fsp3) is 1.00. The number of halogens is 3. The number of hydrogen-bond acceptors (Lipinski definition) is 1. The summed E-state index contributed by atoms with van der Waals surface area (Å²) in [7, 11) is 0. The Morgan fingerprint density at radius 3 is 2.06 bits per heavy atom. The van der Waals surface area contributed by atoms with Gasteiger partial charge in [-0.2, -0.15) is 8.78 Å². The Kier molecular flexibility index (Phi) is 5.04. The van der Waals surface area contributed by atoms with Crippen molar-refractivity contribution in [1.82, 2.24) is 0 Å². The molecule has 0 unspecified atom stereocenters. The summed E-state index contributed by atoms with van der Waals surface area (Å²) < 4.78 is 33.3. The summed E-state index contributed by atoms with van der Waals surface area (Å²) in [4.78, 5) is 0.417. The lowest BCUT2D eigenvalue weighted by Crippen LogP contribution is -2.39. The van der Waals surface area contributed by atoms with Crippen molar-refractivity contribution in [3.63, 3.8) is 0 Å². The third-order valence-electron chi connectivity index (χ3n) is 4.42. The molecule has 106 valence electrons. The fourth-order valence-corrected chi connectivity index (χ4v) is 3.58. The lowest BCUT2D eigenvalue weighted by atomic mass is 9.87. The topological polar surface area (TPSA) is 9.23 Å². The average molecular weight is 325 g/mol. The van der Waals surface area contributed by atoms with Crippen LogP contribution in [0, 0.1) is 11.8 Å².